The lowest BCUT2D eigenvalue weighted by molar-refractivity contribution is 0.102. The summed E-state index contributed by atoms with van der Waals surface area (Å²) in [7, 11) is 1.64. The zero-order valence-corrected chi connectivity index (χ0v) is 9.26. The van der Waals surface area contributed by atoms with Crippen LogP contribution in [0, 0.1) is 18.3 Å². The zero-order valence-electron chi connectivity index (χ0n) is 9.26. The molecule has 0 atom stereocenters. The van der Waals surface area contributed by atoms with Gasteiger partial charge < -0.3 is 9.84 Å². The molecule has 86 valence electrons. The Morgan fingerprint density at radius 3 is 2.94 bits per heavy atom. The standard InChI is InChI=1S/C10H9N5O2/c1-6-8(5-13-17-6)10(16)14-9-7(3-11)4-12-15(9)2/h4-5H,1-2H3,(H,14,16). The Morgan fingerprint density at radius 2 is 2.35 bits per heavy atom. The first-order chi connectivity index (χ1) is 8.13. The highest BCUT2D eigenvalue weighted by Crippen LogP contribution is 2.15. The van der Waals surface area contributed by atoms with Crippen molar-refractivity contribution in [2.75, 3.05) is 5.32 Å². The average molecular weight is 231 g/mol. The molecule has 2 aromatic rings. The number of anilines is 1. The molecule has 7 heteroatoms. The molecule has 1 N–H and O–H groups in total. The van der Waals surface area contributed by atoms with Crippen LogP contribution in [0.5, 0.6) is 0 Å². The quantitative estimate of drug-likeness (QED) is 0.825. The molecule has 17 heavy (non-hydrogen) atoms. The lowest BCUT2D eigenvalue weighted by Gasteiger charge is -2.04. The highest BCUT2D eigenvalue weighted by molar-refractivity contribution is 6.04. The lowest BCUT2D eigenvalue weighted by Crippen LogP contribution is -2.15. The van der Waals surface area contributed by atoms with Crippen molar-refractivity contribution in [1.82, 2.24) is 14.9 Å². The fourth-order valence-electron chi connectivity index (χ4n) is 1.36. The number of carbonyl (C=O) groups is 1. The number of hydrogen-bond acceptors (Lipinski definition) is 5. The second kappa shape index (κ2) is 4.09. The van der Waals surface area contributed by atoms with Crippen LogP contribution < -0.4 is 5.32 Å². The second-order valence-corrected chi connectivity index (χ2v) is 3.39. The lowest BCUT2D eigenvalue weighted by atomic mass is 10.2. The van der Waals surface area contributed by atoms with Gasteiger partial charge in [0.05, 0.1) is 12.4 Å². The predicted octanol–water partition coefficient (Wildman–Crippen LogP) is 0.840. The first kappa shape index (κ1) is 10.9. The zero-order chi connectivity index (χ0) is 12.4. The fourth-order valence-corrected chi connectivity index (χ4v) is 1.36. The van der Waals surface area contributed by atoms with E-state index in [2.05, 4.69) is 15.6 Å². The van der Waals surface area contributed by atoms with Crippen LogP contribution in [0.2, 0.25) is 0 Å². The number of nitrogens with zero attached hydrogens (tertiary/aromatic N) is 4. The van der Waals surface area contributed by atoms with E-state index in [0.717, 1.165) is 0 Å². The van der Waals surface area contributed by atoms with Crippen LogP contribution in [-0.4, -0.2) is 20.8 Å². The molecule has 0 radical (unpaired) electrons. The van der Waals surface area contributed by atoms with Crippen LogP contribution in [0.15, 0.2) is 16.9 Å². The molecule has 0 fully saturated rings. The van der Waals surface area contributed by atoms with E-state index in [-0.39, 0.29) is 5.91 Å². The van der Waals surface area contributed by atoms with E-state index in [1.807, 2.05) is 6.07 Å². The van der Waals surface area contributed by atoms with Gasteiger partial charge in [0.15, 0.2) is 0 Å². The van der Waals surface area contributed by atoms with Crippen molar-refractivity contribution in [3.8, 4) is 6.07 Å². The number of nitrogens with one attached hydrogen (secondary N) is 1. The third kappa shape index (κ3) is 1.88. The van der Waals surface area contributed by atoms with Crippen LogP contribution in [0.4, 0.5) is 5.82 Å². The van der Waals surface area contributed by atoms with E-state index in [0.29, 0.717) is 22.7 Å². The minimum atomic E-state index is -0.385. The van der Waals surface area contributed by atoms with Gasteiger partial charge in [-0.15, -0.1) is 0 Å². The normalized spacial score (nSPS) is 9.94. The number of aromatic nitrogens is 3. The first-order valence-corrected chi connectivity index (χ1v) is 4.78. The molecule has 0 aliphatic carbocycles. The minimum absolute atomic E-state index is 0.301. The Kier molecular flexibility index (Phi) is 2.62. The molecular formula is C10H9N5O2. The molecule has 0 bridgehead atoms. The minimum Gasteiger partial charge on any atom is -0.361 e. The monoisotopic (exact) mass is 231 g/mol. The smallest absolute Gasteiger partial charge is 0.262 e. The van der Waals surface area contributed by atoms with Crippen molar-refractivity contribution in [2.24, 2.45) is 7.05 Å². The number of aryl methyl sites for hydroxylation is 2. The van der Waals surface area contributed by atoms with Crippen molar-refractivity contribution in [3.63, 3.8) is 0 Å². The van der Waals surface area contributed by atoms with E-state index in [1.54, 1.807) is 14.0 Å². The summed E-state index contributed by atoms with van der Waals surface area (Å²) in [6.45, 7) is 1.64. The molecule has 2 aromatic heterocycles. The number of amides is 1. The van der Waals surface area contributed by atoms with E-state index in [1.165, 1.54) is 17.1 Å². The van der Waals surface area contributed by atoms with Gasteiger partial charge >= 0.3 is 0 Å². The summed E-state index contributed by atoms with van der Waals surface area (Å²) >= 11 is 0. The van der Waals surface area contributed by atoms with E-state index < -0.39 is 0 Å². The molecule has 2 rings (SSSR count). The van der Waals surface area contributed by atoms with Crippen LogP contribution in [0.1, 0.15) is 21.7 Å². The highest BCUT2D eigenvalue weighted by Gasteiger charge is 2.16. The summed E-state index contributed by atoms with van der Waals surface area (Å²) in [5.41, 5.74) is 0.630. The Labute approximate surface area is 96.6 Å². The van der Waals surface area contributed by atoms with Gasteiger partial charge in [0, 0.05) is 7.05 Å². The van der Waals surface area contributed by atoms with Crippen molar-refractivity contribution < 1.29 is 9.32 Å². The molecule has 0 saturated heterocycles. The van der Waals surface area contributed by atoms with Gasteiger partial charge in [-0.2, -0.15) is 10.4 Å². The van der Waals surface area contributed by atoms with Gasteiger partial charge in [-0.1, -0.05) is 5.16 Å². The average Bonchev–Trinajstić information content (AvgIpc) is 2.87. The van der Waals surface area contributed by atoms with Gasteiger partial charge in [-0.05, 0) is 6.92 Å². The molecule has 0 aliphatic heterocycles. The van der Waals surface area contributed by atoms with Gasteiger partial charge in [-0.25, -0.2) is 0 Å². The largest absolute Gasteiger partial charge is 0.361 e. The number of hydrogen-bond donors (Lipinski definition) is 1. The van der Waals surface area contributed by atoms with E-state index >= 15 is 0 Å². The van der Waals surface area contributed by atoms with Gasteiger partial charge in [0.2, 0.25) is 0 Å². The summed E-state index contributed by atoms with van der Waals surface area (Å²) < 4.78 is 6.21. The SMILES string of the molecule is Cc1oncc1C(=O)Nc1c(C#N)cnn1C. The number of nitriles is 1. The summed E-state index contributed by atoms with van der Waals surface area (Å²) in [6, 6.07) is 1.94. The Morgan fingerprint density at radius 1 is 1.59 bits per heavy atom. The summed E-state index contributed by atoms with van der Waals surface area (Å²) in [4.78, 5) is 11.9. The molecule has 2 heterocycles. The molecule has 7 nitrogen and oxygen atoms in total. The first-order valence-electron chi connectivity index (χ1n) is 4.78. The van der Waals surface area contributed by atoms with Gasteiger partial charge in [-0.3, -0.25) is 9.48 Å². The highest BCUT2D eigenvalue weighted by atomic mass is 16.5. The van der Waals surface area contributed by atoms with Gasteiger partial charge in [0.25, 0.3) is 5.91 Å². The molecule has 1 amide bonds. The molecule has 0 aromatic carbocycles. The number of rotatable bonds is 2. The third-order valence-electron chi connectivity index (χ3n) is 2.29. The summed E-state index contributed by atoms with van der Waals surface area (Å²) in [5, 5.41) is 18.8. The van der Waals surface area contributed by atoms with Gasteiger partial charge in [0.1, 0.15) is 28.8 Å². The molecule has 0 spiro atoms. The maximum atomic E-state index is 11.9. The van der Waals surface area contributed by atoms with Crippen LogP contribution >= 0.6 is 0 Å². The molecule has 0 aliphatic rings. The van der Waals surface area contributed by atoms with E-state index in [9.17, 15) is 4.79 Å². The Balaban J connectivity index is 2.28. The van der Waals surface area contributed by atoms with Crippen LogP contribution in [0.25, 0.3) is 0 Å². The molecule has 0 saturated carbocycles. The van der Waals surface area contributed by atoms with Crippen molar-refractivity contribution >= 4 is 11.7 Å². The van der Waals surface area contributed by atoms with Crippen molar-refractivity contribution in [2.45, 2.75) is 6.92 Å². The van der Waals surface area contributed by atoms with Crippen molar-refractivity contribution in [1.29, 1.82) is 5.26 Å². The Hall–Kier alpha value is -2.62. The van der Waals surface area contributed by atoms with Crippen molar-refractivity contribution in [3.05, 3.63) is 29.3 Å². The maximum Gasteiger partial charge on any atom is 0.262 e. The molecule has 0 unspecified atom stereocenters. The fraction of sp³-hybridized carbons (Fsp3) is 0.200. The number of carbonyl (C=O) groups excluding carboxylic acids is 1. The molecular weight excluding hydrogens is 222 g/mol. The van der Waals surface area contributed by atoms with Crippen LogP contribution in [-0.2, 0) is 7.05 Å². The predicted molar refractivity (Wildman–Crippen MR) is 57.1 cm³/mol. The summed E-state index contributed by atoms with van der Waals surface area (Å²) in [5.74, 6) is 0.380. The Bertz CT molecular complexity index is 604. The van der Waals surface area contributed by atoms with Crippen LogP contribution in [0.3, 0.4) is 0 Å². The summed E-state index contributed by atoms with van der Waals surface area (Å²) in [6.07, 6.45) is 2.71. The van der Waals surface area contributed by atoms with E-state index in [4.69, 9.17) is 9.78 Å². The second-order valence-electron chi connectivity index (χ2n) is 3.39. The maximum absolute atomic E-state index is 11.9. The topological polar surface area (TPSA) is 96.7 Å². The third-order valence-corrected chi connectivity index (χ3v) is 2.29.